The minimum absolute atomic E-state index is 0. The van der Waals surface area contributed by atoms with Crippen LogP contribution in [0.2, 0.25) is 0 Å². The molecule has 626 valence electrons. The van der Waals surface area contributed by atoms with Crippen LogP contribution in [0.3, 0.4) is 0 Å². The van der Waals surface area contributed by atoms with Crippen molar-refractivity contribution in [2.24, 2.45) is 0 Å². The zero-order valence-electron chi connectivity index (χ0n) is 65.6. The Hall–Kier alpha value is -9.33. The highest BCUT2D eigenvalue weighted by Gasteiger charge is 2.30. The highest BCUT2D eigenvalue weighted by atomic mass is 79.9. The number of alkyl halides is 3. The molecule has 0 spiro atoms. The predicted molar refractivity (Wildman–Crippen MR) is 473 cm³/mol. The van der Waals surface area contributed by atoms with Gasteiger partial charge in [-0.1, -0.05) is 173 Å². The van der Waals surface area contributed by atoms with Gasteiger partial charge in [0.1, 0.15) is 37.8 Å². The molecule has 9 heterocycles. The van der Waals surface area contributed by atoms with Crippen molar-refractivity contribution in [2.45, 2.75) is 98.1 Å². The fourth-order valence-corrected chi connectivity index (χ4v) is 14.7. The third-order valence-electron chi connectivity index (χ3n) is 20.4. The predicted octanol–water partition coefficient (Wildman–Crippen LogP) is 15.7. The number of rotatable bonds is 28. The van der Waals surface area contributed by atoms with Gasteiger partial charge in [-0.3, -0.25) is 24.5 Å². The van der Waals surface area contributed by atoms with Crippen LogP contribution >= 0.6 is 50.7 Å². The summed E-state index contributed by atoms with van der Waals surface area (Å²) in [6.45, 7) is 23.0. The van der Waals surface area contributed by atoms with Gasteiger partial charge in [0, 0.05) is 116 Å². The van der Waals surface area contributed by atoms with Gasteiger partial charge in [-0.15, -0.1) is 34.8 Å². The van der Waals surface area contributed by atoms with Gasteiger partial charge >= 0.3 is 18.3 Å². The molecule has 3 aliphatic heterocycles. The molecule has 3 unspecified atom stereocenters. The number of aromatic nitrogens is 12. The molecule has 14 rings (SSSR count). The summed E-state index contributed by atoms with van der Waals surface area (Å²) in [5.74, 6) is 2.56. The molecule has 0 radical (unpaired) electrons. The molecule has 3 aliphatic rings. The molecule has 6 aromatic heterocycles. The summed E-state index contributed by atoms with van der Waals surface area (Å²) in [6.07, 6.45) is 7.68. The molecular formula is C86H113BrCl3N21O6. The molecule has 27 nitrogen and oxygen atoms in total. The van der Waals surface area contributed by atoms with E-state index in [1.165, 1.54) is 11.2 Å². The molecule has 3 amide bonds. The van der Waals surface area contributed by atoms with Crippen molar-refractivity contribution in [3.63, 3.8) is 0 Å². The van der Waals surface area contributed by atoms with E-state index in [2.05, 4.69) is 126 Å². The van der Waals surface area contributed by atoms with Crippen LogP contribution in [0.1, 0.15) is 92.1 Å². The minimum Gasteiger partial charge on any atom is -0.448 e. The number of unbranched alkanes of at least 4 members (excludes halogenated alkanes) is 1. The second-order valence-electron chi connectivity index (χ2n) is 28.7. The molecular weight excluding hydrogens is 1610 g/mol. The maximum atomic E-state index is 13.6. The van der Waals surface area contributed by atoms with Gasteiger partial charge in [0.05, 0.1) is 76.2 Å². The van der Waals surface area contributed by atoms with E-state index < -0.39 is 12.2 Å². The number of para-hydroxylation sites is 1. The van der Waals surface area contributed by atoms with Crippen LogP contribution in [0.4, 0.5) is 37.5 Å². The van der Waals surface area contributed by atoms with E-state index in [0.717, 1.165) is 125 Å². The first-order valence-corrected chi connectivity index (χ1v) is 41.0. The van der Waals surface area contributed by atoms with Crippen molar-refractivity contribution in [2.75, 3.05) is 167 Å². The summed E-state index contributed by atoms with van der Waals surface area (Å²) in [7, 11) is 6.38. The zero-order valence-corrected chi connectivity index (χ0v) is 69.5. The number of aryl methyl sites for hydroxylation is 2. The molecule has 31 heteroatoms. The SMILES string of the molecule is C.C.C.CCCCN(C(=O)OCCN1CCN(C)CC1)c1nc(C)nc2c1cnn2CC(Cl)c1ccccc1.CN1CCN(CCOC(=O)N(c2ccccc2)c2ncnc3c2cnn3CC(Cl)c2ccc(Br)cc2)CC1.Cc1nc(N(CCc2ccccc2)C(=O)OCCN2CCN(C)CC2)c2cnn(CC(Cl)c3ccccc3)c2n1. The lowest BCUT2D eigenvalue weighted by molar-refractivity contribution is 0.107. The molecule has 0 N–H and O–H groups in total. The van der Waals surface area contributed by atoms with Crippen LogP contribution in [0.15, 0.2) is 175 Å². The first-order valence-electron chi connectivity index (χ1n) is 38.9. The van der Waals surface area contributed by atoms with Gasteiger partial charge in [-0.25, -0.2) is 63.2 Å². The molecule has 0 saturated carbocycles. The van der Waals surface area contributed by atoms with Crippen LogP contribution in [0.5, 0.6) is 0 Å². The molecule has 3 fully saturated rings. The number of halogens is 4. The largest absolute Gasteiger partial charge is 0.448 e. The maximum Gasteiger partial charge on any atom is 0.420 e. The van der Waals surface area contributed by atoms with Gasteiger partial charge in [-0.2, -0.15) is 15.3 Å². The highest BCUT2D eigenvalue weighted by Crippen LogP contribution is 2.35. The van der Waals surface area contributed by atoms with E-state index in [4.69, 9.17) is 54.0 Å². The number of ether oxygens (including phenoxy) is 3. The van der Waals surface area contributed by atoms with Gasteiger partial charge in [0.2, 0.25) is 0 Å². The number of likely N-dealkylation sites (N-methyl/N-ethyl adjacent to an activating group) is 3. The third-order valence-corrected chi connectivity index (χ3v) is 22.1. The molecule has 3 saturated heterocycles. The number of anilines is 4. The highest BCUT2D eigenvalue weighted by molar-refractivity contribution is 9.10. The van der Waals surface area contributed by atoms with E-state index >= 15 is 0 Å². The Morgan fingerprint density at radius 3 is 1.23 bits per heavy atom. The lowest BCUT2D eigenvalue weighted by atomic mass is 10.1. The summed E-state index contributed by atoms with van der Waals surface area (Å²) < 4.78 is 23.6. The Morgan fingerprint density at radius 1 is 0.444 bits per heavy atom. The van der Waals surface area contributed by atoms with Crippen molar-refractivity contribution in [1.82, 2.24) is 88.6 Å². The van der Waals surface area contributed by atoms with Crippen LogP contribution in [0.25, 0.3) is 33.1 Å². The summed E-state index contributed by atoms with van der Waals surface area (Å²) in [6, 6.07) is 47.1. The van der Waals surface area contributed by atoms with E-state index in [1.807, 2.05) is 147 Å². The fraction of sp³-hybridized carbons (Fsp3) is 0.442. The van der Waals surface area contributed by atoms with Gasteiger partial charge in [0.15, 0.2) is 34.4 Å². The van der Waals surface area contributed by atoms with E-state index in [9.17, 15) is 14.4 Å². The van der Waals surface area contributed by atoms with E-state index in [1.54, 1.807) is 42.4 Å². The van der Waals surface area contributed by atoms with Crippen LogP contribution in [-0.4, -0.2) is 259 Å². The van der Waals surface area contributed by atoms with Crippen LogP contribution < -0.4 is 14.7 Å². The molecule has 0 aliphatic carbocycles. The molecule has 0 bridgehead atoms. The number of hydrogen-bond donors (Lipinski definition) is 0. The second-order valence-corrected chi connectivity index (χ2v) is 31.2. The monoisotopic (exact) mass is 1720 g/mol. The van der Waals surface area contributed by atoms with Crippen molar-refractivity contribution in [1.29, 1.82) is 0 Å². The fourth-order valence-electron chi connectivity index (χ4n) is 13.6. The topological polar surface area (TPSA) is 239 Å². The Balaban J connectivity index is 0.000000198. The number of fused-ring (bicyclic) bond motifs is 3. The number of benzene rings is 5. The first kappa shape index (κ1) is 91.6. The average molecular weight is 1720 g/mol. The smallest absolute Gasteiger partial charge is 0.420 e. The Morgan fingerprint density at radius 2 is 0.812 bits per heavy atom. The summed E-state index contributed by atoms with van der Waals surface area (Å²) >= 11 is 23.6. The minimum atomic E-state index is -0.497. The Bertz CT molecular complexity index is 4840. The number of carbonyl (C=O) groups is 3. The normalized spacial score (nSPS) is 15.1. The number of hydrogen-bond acceptors (Lipinski definition) is 21. The average Bonchev–Trinajstić information content (AvgIpc) is 1.69. The molecule has 5 aromatic carbocycles. The number of amides is 3. The van der Waals surface area contributed by atoms with Crippen molar-refractivity contribution in [3.05, 3.63) is 209 Å². The summed E-state index contributed by atoms with van der Waals surface area (Å²) in [5.41, 5.74) is 6.66. The zero-order chi connectivity index (χ0) is 79.9. The second kappa shape index (κ2) is 45.6. The van der Waals surface area contributed by atoms with Gasteiger partial charge in [-0.05, 0) is 94.4 Å². The number of carbonyl (C=O) groups excluding carboxylic acids is 3. The maximum absolute atomic E-state index is 13.6. The Labute approximate surface area is 711 Å². The van der Waals surface area contributed by atoms with Crippen molar-refractivity contribution >= 4 is 125 Å². The number of nitrogens with zero attached hydrogens (tertiary/aromatic N) is 21. The molecule has 11 aromatic rings. The Kier molecular flexibility index (Phi) is 35.7. The third kappa shape index (κ3) is 25.4. The summed E-state index contributed by atoms with van der Waals surface area (Å²) in [5, 5.41) is 14.9. The quantitative estimate of drug-likeness (QED) is 0.0327. The van der Waals surface area contributed by atoms with Crippen LogP contribution in [-0.2, 0) is 40.3 Å². The van der Waals surface area contributed by atoms with Crippen LogP contribution in [0, 0.1) is 13.8 Å². The number of piperazine rings is 3. The van der Waals surface area contributed by atoms with E-state index in [0.29, 0.717) is 140 Å². The lowest BCUT2D eigenvalue weighted by Crippen LogP contribution is -2.46. The van der Waals surface area contributed by atoms with Crippen molar-refractivity contribution in [3.8, 4) is 0 Å². The van der Waals surface area contributed by atoms with Crippen molar-refractivity contribution < 1.29 is 28.6 Å². The lowest BCUT2D eigenvalue weighted by Gasteiger charge is -2.32. The molecule has 3 atom stereocenters. The van der Waals surface area contributed by atoms with Gasteiger partial charge < -0.3 is 28.9 Å². The standard InChI is InChI=1S/C30H36ClN7O2.C27H29BrClN7O2.C26H36ClN7O2.3CH4/c1-23-33-28(26-21-32-38(29(26)34-23)22-27(31)25-11-7-4-8-12-25)37(14-13-24-9-5-3-6-10-24)30(39)40-20-19-36-17-15-35(2)16-18-36;1-33-11-13-34(14-12-33)15-16-38-27(37)36(22-5-3-2-4-6-22)26-23-17-32-35(25(23)30-19-31-26)18-24(29)20-7-9-21(28)10-8-20;1-4-5-11-33(26(35)36-17-16-32-14-12-31(3)13-15-32)24-22-18-28-34(25(22)30-20(2)29-24)19-23(27)21-9-7-6-8-10-21;;;/h3-12,21,27H,13-20,22H2,1-2H3;2-10,17,19,24H,11-16,18H2,1H3;6-10,18,23H,4-5,11-17,19H2,1-3H3;3*1H4. The molecule has 117 heavy (non-hydrogen) atoms. The van der Waals surface area contributed by atoms with E-state index in [-0.39, 0.29) is 44.5 Å². The summed E-state index contributed by atoms with van der Waals surface area (Å²) in [4.78, 5) is 86.4. The first-order chi connectivity index (χ1) is 55.4. The van der Waals surface area contributed by atoms with Gasteiger partial charge in [0.25, 0.3) is 0 Å².